The number of carbonyl (C=O) groups excluding carboxylic acids is 2. The molecule has 0 saturated carbocycles. The lowest BCUT2D eigenvalue weighted by atomic mass is 10.8. The Morgan fingerprint density at radius 3 is 1.56 bits per heavy atom. The summed E-state index contributed by atoms with van der Waals surface area (Å²) in [5, 5.41) is 0. The fourth-order valence-electron chi connectivity index (χ4n) is 0.878. The smallest absolute Gasteiger partial charge is 0.338 e. The highest BCUT2D eigenvalue weighted by atomic mass is 16.2. The first-order valence-electron chi connectivity index (χ1n) is 4.17. The molecule has 0 unspecified atom stereocenters. The van der Waals surface area contributed by atoms with Crippen LogP contribution in [0.3, 0.4) is 0 Å². The molecule has 2 amide bonds. The van der Waals surface area contributed by atoms with E-state index in [1.807, 2.05) is 0 Å². The zero-order chi connectivity index (χ0) is 12.0. The quantitative estimate of drug-likeness (QED) is 0.630. The van der Waals surface area contributed by atoms with Gasteiger partial charge in [-0.3, -0.25) is 9.13 Å². The third kappa shape index (κ3) is 3.25. The summed E-state index contributed by atoms with van der Waals surface area (Å²) in [6.07, 6.45) is 9.17. The second kappa shape index (κ2) is 5.29. The molecule has 0 radical (unpaired) electrons. The van der Waals surface area contributed by atoms with Crippen LogP contribution in [0.15, 0.2) is 37.4 Å². The van der Waals surface area contributed by atoms with Crippen molar-refractivity contribution in [3.05, 3.63) is 37.4 Å². The molecule has 2 aromatic heterocycles. The molecular formula is C8H10N6O2. The molecule has 8 heteroatoms. The number of nitrogens with zero attached hydrogens (tertiary/aromatic N) is 4. The van der Waals surface area contributed by atoms with Gasteiger partial charge in [-0.05, 0) is 0 Å². The van der Waals surface area contributed by atoms with Gasteiger partial charge in [-0.2, -0.15) is 0 Å². The maximum absolute atomic E-state index is 11.4. The minimum atomic E-state index is -0.833. The summed E-state index contributed by atoms with van der Waals surface area (Å²) in [6.45, 7) is 0. The zero-order valence-corrected chi connectivity index (χ0v) is 8.22. The molecule has 0 aliphatic carbocycles. The van der Waals surface area contributed by atoms with Crippen molar-refractivity contribution in [2.45, 2.75) is 0 Å². The Morgan fingerprint density at radius 1 is 0.938 bits per heavy atom. The monoisotopic (exact) mass is 222 g/mol. The van der Waals surface area contributed by atoms with E-state index in [1.54, 1.807) is 24.8 Å². The molecule has 0 bridgehead atoms. The minimum Gasteiger partial charge on any atom is -0.352 e. The van der Waals surface area contributed by atoms with E-state index < -0.39 is 6.03 Å². The summed E-state index contributed by atoms with van der Waals surface area (Å²) >= 11 is 0. The first-order valence-corrected chi connectivity index (χ1v) is 4.17. The van der Waals surface area contributed by atoms with Crippen LogP contribution in [0.5, 0.6) is 0 Å². The number of hydrogen-bond donors (Lipinski definition) is 2. The first-order chi connectivity index (χ1) is 7.61. The summed E-state index contributed by atoms with van der Waals surface area (Å²) in [5.41, 5.74) is 8.50. The number of primary amides is 2. The number of hydrogen-bond acceptors (Lipinski definition) is 4. The van der Waals surface area contributed by atoms with Gasteiger partial charge in [-0.25, -0.2) is 19.6 Å². The lowest BCUT2D eigenvalue weighted by Crippen LogP contribution is -2.18. The molecule has 84 valence electrons. The van der Waals surface area contributed by atoms with Crippen molar-refractivity contribution in [1.82, 2.24) is 19.1 Å². The van der Waals surface area contributed by atoms with E-state index in [2.05, 4.69) is 21.4 Å². The van der Waals surface area contributed by atoms with Crippen molar-refractivity contribution < 1.29 is 9.59 Å². The summed E-state index contributed by atoms with van der Waals surface area (Å²) in [4.78, 5) is 27.9. The van der Waals surface area contributed by atoms with E-state index in [0.717, 1.165) is 0 Å². The molecule has 0 saturated heterocycles. The van der Waals surface area contributed by atoms with Gasteiger partial charge in [0.1, 0.15) is 12.7 Å². The third-order valence-corrected chi connectivity index (χ3v) is 1.45. The summed E-state index contributed by atoms with van der Waals surface area (Å²) in [7, 11) is 0. The van der Waals surface area contributed by atoms with Crippen LogP contribution in [0, 0.1) is 0 Å². The Kier molecular flexibility index (Phi) is 3.78. The number of carbonyl (C=O) groups is 2. The maximum atomic E-state index is 11.4. The van der Waals surface area contributed by atoms with Gasteiger partial charge in [0, 0.05) is 24.8 Å². The van der Waals surface area contributed by atoms with E-state index in [-0.39, 0.29) is 6.03 Å². The Balaban J connectivity index is 0.000000280. The van der Waals surface area contributed by atoms with Crippen LogP contribution in [0.4, 0.5) is 9.59 Å². The van der Waals surface area contributed by atoms with Crippen LogP contribution < -0.4 is 11.5 Å². The van der Waals surface area contributed by atoms with Gasteiger partial charge >= 0.3 is 12.1 Å². The van der Waals surface area contributed by atoms with Crippen molar-refractivity contribution in [3.8, 4) is 0 Å². The van der Waals surface area contributed by atoms with Gasteiger partial charge in [-0.1, -0.05) is 0 Å². The second-order valence-corrected chi connectivity index (χ2v) is 2.62. The highest BCUT2D eigenvalue weighted by molar-refractivity contribution is 5.78. The SMILES string of the molecule is NC(N)=O.O=C(n1ccnc1)n1ccnc1. The van der Waals surface area contributed by atoms with Crippen LogP contribution in [0.2, 0.25) is 0 Å². The molecular weight excluding hydrogens is 212 g/mol. The molecule has 0 aliphatic heterocycles. The highest BCUT2D eigenvalue weighted by Crippen LogP contribution is 1.91. The average molecular weight is 222 g/mol. The number of rotatable bonds is 0. The van der Waals surface area contributed by atoms with Crippen molar-refractivity contribution in [3.63, 3.8) is 0 Å². The lowest BCUT2D eigenvalue weighted by molar-refractivity contribution is 0.243. The second-order valence-electron chi connectivity index (χ2n) is 2.62. The molecule has 2 rings (SSSR count). The molecule has 0 fully saturated rings. The van der Waals surface area contributed by atoms with Crippen LogP contribution in [0.25, 0.3) is 0 Å². The summed E-state index contributed by atoms with van der Waals surface area (Å²) in [6, 6.07) is -1.02. The molecule has 4 N–H and O–H groups in total. The van der Waals surface area contributed by atoms with Crippen molar-refractivity contribution >= 4 is 12.1 Å². The van der Waals surface area contributed by atoms with E-state index in [0.29, 0.717) is 0 Å². The fraction of sp³-hybridized carbons (Fsp3) is 0. The van der Waals surface area contributed by atoms with Crippen LogP contribution >= 0.6 is 0 Å². The van der Waals surface area contributed by atoms with Gasteiger partial charge < -0.3 is 11.5 Å². The van der Waals surface area contributed by atoms with Gasteiger partial charge in [-0.15, -0.1) is 0 Å². The lowest BCUT2D eigenvalue weighted by Gasteiger charge is -1.98. The van der Waals surface area contributed by atoms with E-state index >= 15 is 0 Å². The van der Waals surface area contributed by atoms with E-state index in [4.69, 9.17) is 4.79 Å². The molecule has 2 heterocycles. The van der Waals surface area contributed by atoms with Gasteiger partial charge in [0.15, 0.2) is 0 Å². The maximum Gasteiger partial charge on any atom is 0.338 e. The molecule has 0 atom stereocenters. The van der Waals surface area contributed by atoms with Crippen molar-refractivity contribution in [2.24, 2.45) is 11.5 Å². The average Bonchev–Trinajstić information content (AvgIpc) is 2.90. The molecule has 2 aromatic rings. The van der Waals surface area contributed by atoms with Crippen LogP contribution in [0.1, 0.15) is 0 Å². The number of amides is 2. The molecule has 0 spiro atoms. The van der Waals surface area contributed by atoms with Crippen molar-refractivity contribution in [2.75, 3.05) is 0 Å². The van der Waals surface area contributed by atoms with Crippen molar-refractivity contribution in [1.29, 1.82) is 0 Å². The standard InChI is InChI=1S/C7H6N4O.CH4N2O/c12-7(10-3-1-8-5-10)11-4-2-9-6-11;2-1(3)4/h1-6H;(H4,2,3,4). The third-order valence-electron chi connectivity index (χ3n) is 1.45. The number of nitrogens with two attached hydrogens (primary N) is 2. The first kappa shape index (κ1) is 11.4. The van der Waals surface area contributed by atoms with Gasteiger partial charge in [0.05, 0.1) is 0 Å². The van der Waals surface area contributed by atoms with E-state index in [9.17, 15) is 4.79 Å². The normalized spacial score (nSPS) is 9.00. The summed E-state index contributed by atoms with van der Waals surface area (Å²) in [5.74, 6) is 0. The Labute approximate surface area is 90.5 Å². The van der Waals surface area contributed by atoms with Crippen LogP contribution in [-0.4, -0.2) is 31.2 Å². The Hall–Kier alpha value is -2.64. The number of imidazole rings is 2. The molecule has 0 aliphatic rings. The van der Waals surface area contributed by atoms with E-state index in [1.165, 1.54) is 21.8 Å². The van der Waals surface area contributed by atoms with Gasteiger partial charge in [0.2, 0.25) is 0 Å². The zero-order valence-electron chi connectivity index (χ0n) is 8.22. The van der Waals surface area contributed by atoms with Crippen LogP contribution in [-0.2, 0) is 0 Å². The largest absolute Gasteiger partial charge is 0.352 e. The molecule has 8 nitrogen and oxygen atoms in total. The fourth-order valence-corrected chi connectivity index (χ4v) is 0.878. The number of aromatic nitrogens is 4. The predicted molar refractivity (Wildman–Crippen MR) is 54.4 cm³/mol. The highest BCUT2D eigenvalue weighted by Gasteiger charge is 2.03. The molecule has 0 aromatic carbocycles. The number of urea groups is 1. The minimum absolute atomic E-state index is 0.190. The van der Waals surface area contributed by atoms with Gasteiger partial charge in [0.25, 0.3) is 0 Å². The Morgan fingerprint density at radius 2 is 1.31 bits per heavy atom. The molecule has 16 heavy (non-hydrogen) atoms. The Bertz CT molecular complexity index is 407. The topological polar surface area (TPSA) is 122 Å². The summed E-state index contributed by atoms with van der Waals surface area (Å²) < 4.78 is 2.75. The predicted octanol–water partition coefficient (Wildman–Crippen LogP) is -0.380.